The maximum absolute atomic E-state index is 10.9. The summed E-state index contributed by atoms with van der Waals surface area (Å²) in [5.41, 5.74) is 1.33. The van der Waals surface area contributed by atoms with Crippen molar-refractivity contribution in [2.24, 2.45) is 0 Å². The molecule has 0 amide bonds. The van der Waals surface area contributed by atoms with Crippen molar-refractivity contribution in [1.82, 2.24) is 9.88 Å². The summed E-state index contributed by atoms with van der Waals surface area (Å²) in [4.78, 5) is 27.4. The average molecular weight is 342 g/mol. The van der Waals surface area contributed by atoms with Crippen molar-refractivity contribution in [3.8, 4) is 0 Å². The first kappa shape index (κ1) is 16.8. The molecule has 130 valence electrons. The zero-order valence-corrected chi connectivity index (χ0v) is 13.5. The summed E-state index contributed by atoms with van der Waals surface area (Å²) in [6.45, 7) is 2.51. The molecule has 3 rings (SSSR count). The van der Waals surface area contributed by atoms with Crippen molar-refractivity contribution in [2.45, 2.75) is 19.0 Å². The molecule has 0 radical (unpaired) electrons. The lowest BCUT2D eigenvalue weighted by Gasteiger charge is -2.17. The average Bonchev–Trinajstić information content (AvgIpc) is 3.02. The van der Waals surface area contributed by atoms with Crippen LogP contribution in [0.2, 0.25) is 0 Å². The fraction of sp³-hybridized carbons (Fsp3) is 0.294. The molecule has 1 atom stereocenters. The summed E-state index contributed by atoms with van der Waals surface area (Å²) in [5.74, 6) is -0.296. The normalized spacial score (nSPS) is 17.4. The summed E-state index contributed by atoms with van der Waals surface area (Å²) in [6.07, 6.45) is 2.20. The van der Waals surface area contributed by atoms with E-state index < -0.39 is 10.9 Å². The van der Waals surface area contributed by atoms with E-state index in [0.29, 0.717) is 5.82 Å². The van der Waals surface area contributed by atoms with Gasteiger partial charge in [0.2, 0.25) is 0 Å². The molecule has 8 heteroatoms. The summed E-state index contributed by atoms with van der Waals surface area (Å²) < 4.78 is 0. The third-order valence-electron chi connectivity index (χ3n) is 4.19. The number of anilines is 1. The lowest BCUT2D eigenvalue weighted by atomic mass is 10.1. The Bertz CT molecular complexity index is 696. The Hall–Kier alpha value is -3.00. The number of carboxylic acid groups (broad SMARTS) is 1. The number of benzene rings is 1. The van der Waals surface area contributed by atoms with Gasteiger partial charge in [0.15, 0.2) is 0 Å². The van der Waals surface area contributed by atoms with E-state index in [-0.39, 0.29) is 17.3 Å². The Morgan fingerprint density at radius 3 is 2.68 bits per heavy atom. The van der Waals surface area contributed by atoms with Gasteiger partial charge < -0.3 is 10.4 Å². The molecule has 1 unspecified atom stereocenters. The molecule has 0 saturated carbocycles. The van der Waals surface area contributed by atoms with Crippen LogP contribution in [0.5, 0.6) is 0 Å². The molecule has 0 spiro atoms. The fourth-order valence-electron chi connectivity index (χ4n) is 2.89. The highest BCUT2D eigenvalue weighted by molar-refractivity contribution is 5.87. The molecular weight excluding hydrogens is 324 g/mol. The minimum absolute atomic E-state index is 0.0246. The number of hydrogen-bond donors (Lipinski definition) is 2. The number of carboxylic acids is 1. The number of likely N-dealkylation sites (tertiary alicyclic amines) is 1. The first-order valence-corrected chi connectivity index (χ1v) is 7.93. The van der Waals surface area contributed by atoms with Gasteiger partial charge >= 0.3 is 5.97 Å². The van der Waals surface area contributed by atoms with Crippen LogP contribution < -0.4 is 5.32 Å². The van der Waals surface area contributed by atoms with Crippen LogP contribution in [0.15, 0.2) is 42.6 Å². The highest BCUT2D eigenvalue weighted by Crippen LogP contribution is 2.18. The van der Waals surface area contributed by atoms with Gasteiger partial charge in [0, 0.05) is 31.7 Å². The fourth-order valence-corrected chi connectivity index (χ4v) is 2.89. The monoisotopic (exact) mass is 342 g/mol. The molecule has 1 aliphatic rings. The van der Waals surface area contributed by atoms with Crippen molar-refractivity contribution in [2.75, 3.05) is 18.4 Å². The van der Waals surface area contributed by atoms with Crippen molar-refractivity contribution in [1.29, 1.82) is 0 Å². The van der Waals surface area contributed by atoms with Crippen LogP contribution in [0.4, 0.5) is 11.5 Å². The molecular formula is C17H18N4O4. The number of carbonyl (C=O) groups is 1. The van der Waals surface area contributed by atoms with Gasteiger partial charge in [0.1, 0.15) is 12.0 Å². The van der Waals surface area contributed by atoms with Crippen LogP contribution in [-0.2, 0) is 6.54 Å². The molecule has 2 aromatic rings. The van der Waals surface area contributed by atoms with Gasteiger partial charge in [-0.05, 0) is 30.2 Å². The number of nitro groups is 1. The van der Waals surface area contributed by atoms with E-state index in [1.165, 1.54) is 12.3 Å². The van der Waals surface area contributed by atoms with E-state index >= 15 is 0 Å². The Morgan fingerprint density at radius 1 is 1.32 bits per heavy atom. The third kappa shape index (κ3) is 4.30. The minimum Gasteiger partial charge on any atom is -0.478 e. The summed E-state index contributed by atoms with van der Waals surface area (Å²) in [5, 5.41) is 22.9. The van der Waals surface area contributed by atoms with E-state index in [1.54, 1.807) is 18.2 Å². The summed E-state index contributed by atoms with van der Waals surface area (Å²) in [7, 11) is 0. The number of nitrogens with zero attached hydrogens (tertiary/aromatic N) is 3. The highest BCUT2D eigenvalue weighted by atomic mass is 16.6. The standard InChI is InChI=1S/C17H18N4O4/c22-17(23)13-3-1-12(2-4-13)10-20-8-7-14(11-20)19-16-6-5-15(9-18-16)21(24)25/h1-6,9,14H,7-8,10-11H2,(H,18,19)(H,22,23). The molecule has 1 saturated heterocycles. The maximum Gasteiger partial charge on any atom is 0.335 e. The van der Waals surface area contributed by atoms with Crippen molar-refractivity contribution >= 4 is 17.5 Å². The van der Waals surface area contributed by atoms with Crippen LogP contribution in [0.3, 0.4) is 0 Å². The number of aromatic nitrogens is 1. The molecule has 8 nitrogen and oxygen atoms in total. The van der Waals surface area contributed by atoms with Crippen LogP contribution >= 0.6 is 0 Å². The molecule has 2 heterocycles. The molecule has 1 aromatic carbocycles. The second-order valence-electron chi connectivity index (χ2n) is 6.03. The molecule has 1 aliphatic heterocycles. The van der Waals surface area contributed by atoms with Crippen LogP contribution in [0, 0.1) is 10.1 Å². The topological polar surface area (TPSA) is 109 Å². The number of nitrogens with one attached hydrogen (secondary N) is 1. The van der Waals surface area contributed by atoms with Crippen molar-refractivity contribution < 1.29 is 14.8 Å². The van der Waals surface area contributed by atoms with Crippen LogP contribution in [-0.4, -0.2) is 45.0 Å². The highest BCUT2D eigenvalue weighted by Gasteiger charge is 2.22. The van der Waals surface area contributed by atoms with E-state index in [2.05, 4.69) is 15.2 Å². The zero-order valence-electron chi connectivity index (χ0n) is 13.5. The van der Waals surface area contributed by atoms with Gasteiger partial charge in [-0.2, -0.15) is 0 Å². The lowest BCUT2D eigenvalue weighted by Crippen LogP contribution is -2.26. The predicted octanol–water partition coefficient (Wildman–Crippen LogP) is 2.37. The summed E-state index contributed by atoms with van der Waals surface area (Å²) in [6, 6.07) is 10.2. The van der Waals surface area contributed by atoms with E-state index in [4.69, 9.17) is 5.11 Å². The second kappa shape index (κ2) is 7.27. The van der Waals surface area contributed by atoms with E-state index in [0.717, 1.165) is 31.6 Å². The predicted molar refractivity (Wildman–Crippen MR) is 91.6 cm³/mol. The Balaban J connectivity index is 1.53. The van der Waals surface area contributed by atoms with Gasteiger partial charge in [-0.15, -0.1) is 0 Å². The number of hydrogen-bond acceptors (Lipinski definition) is 6. The first-order chi connectivity index (χ1) is 12.0. The Morgan fingerprint density at radius 2 is 2.08 bits per heavy atom. The van der Waals surface area contributed by atoms with Crippen molar-refractivity contribution in [3.63, 3.8) is 0 Å². The first-order valence-electron chi connectivity index (χ1n) is 7.93. The van der Waals surface area contributed by atoms with Crippen LogP contribution in [0.1, 0.15) is 22.3 Å². The maximum atomic E-state index is 10.9. The molecule has 0 bridgehead atoms. The van der Waals surface area contributed by atoms with E-state index in [1.807, 2.05) is 12.1 Å². The Labute approximate surface area is 144 Å². The van der Waals surface area contributed by atoms with E-state index in [9.17, 15) is 14.9 Å². The minimum atomic E-state index is -0.924. The third-order valence-corrected chi connectivity index (χ3v) is 4.19. The SMILES string of the molecule is O=C(O)c1ccc(CN2CCC(Nc3ccc([N+](=O)[O-])cn3)C2)cc1. The Kier molecular flexibility index (Phi) is 4.90. The molecule has 1 fully saturated rings. The smallest absolute Gasteiger partial charge is 0.335 e. The molecule has 2 N–H and O–H groups in total. The van der Waals surface area contributed by atoms with Gasteiger partial charge in [-0.1, -0.05) is 12.1 Å². The van der Waals surface area contributed by atoms with Gasteiger partial charge in [-0.3, -0.25) is 15.0 Å². The van der Waals surface area contributed by atoms with Gasteiger partial charge in [0.25, 0.3) is 5.69 Å². The number of pyridine rings is 1. The molecule has 1 aromatic heterocycles. The quantitative estimate of drug-likeness (QED) is 0.613. The molecule has 0 aliphatic carbocycles. The largest absolute Gasteiger partial charge is 0.478 e. The number of aromatic carboxylic acids is 1. The summed E-state index contributed by atoms with van der Waals surface area (Å²) >= 11 is 0. The zero-order chi connectivity index (χ0) is 17.8. The van der Waals surface area contributed by atoms with Gasteiger partial charge in [0.05, 0.1) is 10.5 Å². The van der Waals surface area contributed by atoms with Gasteiger partial charge in [-0.25, -0.2) is 9.78 Å². The molecule has 25 heavy (non-hydrogen) atoms. The number of rotatable bonds is 6. The second-order valence-corrected chi connectivity index (χ2v) is 6.03. The van der Waals surface area contributed by atoms with Crippen LogP contribution in [0.25, 0.3) is 0 Å². The van der Waals surface area contributed by atoms with Crippen molar-refractivity contribution in [3.05, 3.63) is 63.8 Å². The lowest BCUT2D eigenvalue weighted by molar-refractivity contribution is -0.385.